The third kappa shape index (κ3) is 5.21. The maximum Gasteiger partial charge on any atom is 0.255 e. The Bertz CT molecular complexity index is 879. The molecule has 144 valence electrons. The fourth-order valence-electron chi connectivity index (χ4n) is 3.14. The molecule has 0 unspecified atom stereocenters. The van der Waals surface area contributed by atoms with E-state index >= 15 is 0 Å². The van der Waals surface area contributed by atoms with E-state index in [1.807, 2.05) is 66.7 Å². The van der Waals surface area contributed by atoms with E-state index in [9.17, 15) is 4.79 Å². The standard InChI is InChI=1S/C24H27N3O/c1-26(2)18-11-19-27(21-14-7-4-8-15-21)23-17-10-9-16-22(23)25-24(28)20-12-5-3-6-13-20/h3-10,12-17H,11,18-19H2,1-2H3,(H,25,28). The predicted octanol–water partition coefficient (Wildman–Crippen LogP) is 5.03. The van der Waals surface area contributed by atoms with Gasteiger partial charge in [0, 0.05) is 17.8 Å². The van der Waals surface area contributed by atoms with Crippen molar-refractivity contribution >= 4 is 23.0 Å². The summed E-state index contributed by atoms with van der Waals surface area (Å²) in [5.74, 6) is -0.102. The molecule has 28 heavy (non-hydrogen) atoms. The van der Waals surface area contributed by atoms with Crippen LogP contribution in [0.2, 0.25) is 0 Å². The molecule has 0 fully saturated rings. The molecule has 0 radical (unpaired) electrons. The number of hydrogen-bond donors (Lipinski definition) is 1. The molecule has 4 nitrogen and oxygen atoms in total. The summed E-state index contributed by atoms with van der Waals surface area (Å²) in [6.45, 7) is 1.86. The SMILES string of the molecule is CN(C)CCCN(c1ccccc1)c1ccccc1NC(=O)c1ccccc1. The van der Waals surface area contributed by atoms with Gasteiger partial charge in [0.1, 0.15) is 0 Å². The monoisotopic (exact) mass is 373 g/mol. The second-order valence-corrected chi connectivity index (χ2v) is 6.98. The van der Waals surface area contributed by atoms with Crippen molar-refractivity contribution in [3.8, 4) is 0 Å². The van der Waals surface area contributed by atoms with E-state index in [-0.39, 0.29) is 5.91 Å². The topological polar surface area (TPSA) is 35.6 Å². The third-order valence-electron chi connectivity index (χ3n) is 4.53. The van der Waals surface area contributed by atoms with Gasteiger partial charge in [0.05, 0.1) is 11.4 Å². The summed E-state index contributed by atoms with van der Waals surface area (Å²) in [5.41, 5.74) is 3.57. The quantitative estimate of drug-likeness (QED) is 0.602. The van der Waals surface area contributed by atoms with Crippen LogP contribution in [0.1, 0.15) is 16.8 Å². The van der Waals surface area contributed by atoms with Gasteiger partial charge in [-0.2, -0.15) is 0 Å². The van der Waals surface area contributed by atoms with Crippen molar-refractivity contribution in [1.82, 2.24) is 4.90 Å². The van der Waals surface area contributed by atoms with Crippen molar-refractivity contribution in [2.75, 3.05) is 37.4 Å². The minimum atomic E-state index is -0.102. The second-order valence-electron chi connectivity index (χ2n) is 6.98. The third-order valence-corrected chi connectivity index (χ3v) is 4.53. The fourth-order valence-corrected chi connectivity index (χ4v) is 3.14. The van der Waals surface area contributed by atoms with Gasteiger partial charge in [0.2, 0.25) is 0 Å². The molecule has 0 spiro atoms. The van der Waals surface area contributed by atoms with Crippen LogP contribution in [0, 0.1) is 0 Å². The molecule has 0 saturated carbocycles. The molecular formula is C24H27N3O. The number of hydrogen-bond acceptors (Lipinski definition) is 3. The average Bonchev–Trinajstić information content (AvgIpc) is 2.73. The smallest absolute Gasteiger partial charge is 0.255 e. The Morgan fingerprint density at radius 2 is 1.39 bits per heavy atom. The van der Waals surface area contributed by atoms with Crippen LogP contribution in [0.5, 0.6) is 0 Å². The number of benzene rings is 3. The van der Waals surface area contributed by atoms with Crippen LogP contribution in [0.3, 0.4) is 0 Å². The molecule has 0 bridgehead atoms. The highest BCUT2D eigenvalue weighted by Gasteiger charge is 2.15. The maximum atomic E-state index is 12.7. The summed E-state index contributed by atoms with van der Waals surface area (Å²) in [7, 11) is 4.17. The number of anilines is 3. The fraction of sp³-hybridized carbons (Fsp3) is 0.208. The van der Waals surface area contributed by atoms with E-state index in [4.69, 9.17) is 0 Å². The summed E-state index contributed by atoms with van der Waals surface area (Å²) >= 11 is 0. The number of carbonyl (C=O) groups is 1. The summed E-state index contributed by atoms with van der Waals surface area (Å²) in [6.07, 6.45) is 1.02. The highest BCUT2D eigenvalue weighted by molar-refractivity contribution is 6.06. The first-order valence-corrected chi connectivity index (χ1v) is 9.58. The first kappa shape index (κ1) is 19.6. The average molecular weight is 374 g/mol. The van der Waals surface area contributed by atoms with Crippen LogP contribution in [0.4, 0.5) is 17.1 Å². The maximum absolute atomic E-state index is 12.7. The number of rotatable bonds is 8. The van der Waals surface area contributed by atoms with Gasteiger partial charge in [0.15, 0.2) is 0 Å². The molecular weight excluding hydrogens is 346 g/mol. The molecule has 0 aromatic heterocycles. The second kappa shape index (κ2) is 9.72. The minimum Gasteiger partial charge on any atom is -0.340 e. The molecule has 4 heteroatoms. The number of amides is 1. The van der Waals surface area contributed by atoms with Crippen molar-refractivity contribution in [3.05, 3.63) is 90.5 Å². The van der Waals surface area contributed by atoms with Crippen LogP contribution in [-0.2, 0) is 0 Å². The van der Waals surface area contributed by atoms with Crippen LogP contribution in [0.25, 0.3) is 0 Å². The molecule has 0 saturated heterocycles. The van der Waals surface area contributed by atoms with Gasteiger partial charge < -0.3 is 15.1 Å². The van der Waals surface area contributed by atoms with Crippen molar-refractivity contribution < 1.29 is 4.79 Å². The molecule has 0 aliphatic rings. The van der Waals surface area contributed by atoms with Gasteiger partial charge in [-0.15, -0.1) is 0 Å². The van der Waals surface area contributed by atoms with Gasteiger partial charge in [-0.1, -0.05) is 48.5 Å². The van der Waals surface area contributed by atoms with Gasteiger partial charge in [-0.25, -0.2) is 0 Å². The van der Waals surface area contributed by atoms with Crippen molar-refractivity contribution in [2.24, 2.45) is 0 Å². The lowest BCUT2D eigenvalue weighted by Crippen LogP contribution is -2.24. The number of nitrogens with one attached hydrogen (secondary N) is 1. The highest BCUT2D eigenvalue weighted by Crippen LogP contribution is 2.32. The van der Waals surface area contributed by atoms with Gasteiger partial charge >= 0.3 is 0 Å². The Labute approximate surface area is 167 Å². The predicted molar refractivity (Wildman–Crippen MR) is 117 cm³/mol. The molecule has 0 atom stereocenters. The highest BCUT2D eigenvalue weighted by atomic mass is 16.1. The van der Waals surface area contributed by atoms with Gasteiger partial charge in [0.25, 0.3) is 5.91 Å². The van der Waals surface area contributed by atoms with E-state index in [0.29, 0.717) is 5.56 Å². The lowest BCUT2D eigenvalue weighted by Gasteiger charge is -2.28. The van der Waals surface area contributed by atoms with Crippen LogP contribution in [-0.4, -0.2) is 38.0 Å². The Hall–Kier alpha value is -3.11. The Kier molecular flexibility index (Phi) is 6.82. The summed E-state index contributed by atoms with van der Waals surface area (Å²) in [4.78, 5) is 17.1. The molecule has 1 N–H and O–H groups in total. The first-order chi connectivity index (χ1) is 13.6. The zero-order chi connectivity index (χ0) is 19.8. The Morgan fingerprint density at radius 1 is 0.786 bits per heavy atom. The normalized spacial score (nSPS) is 10.7. The van der Waals surface area contributed by atoms with E-state index in [0.717, 1.165) is 36.6 Å². The Balaban J connectivity index is 1.88. The molecule has 3 aromatic carbocycles. The molecule has 0 aliphatic carbocycles. The minimum absolute atomic E-state index is 0.102. The van der Waals surface area contributed by atoms with E-state index in [2.05, 4.69) is 47.4 Å². The number of carbonyl (C=O) groups excluding carboxylic acids is 1. The summed E-state index contributed by atoms with van der Waals surface area (Å²) in [6, 6.07) is 27.6. The van der Waals surface area contributed by atoms with Crippen LogP contribution >= 0.6 is 0 Å². The lowest BCUT2D eigenvalue weighted by atomic mass is 10.1. The largest absolute Gasteiger partial charge is 0.340 e. The zero-order valence-electron chi connectivity index (χ0n) is 16.5. The van der Waals surface area contributed by atoms with E-state index < -0.39 is 0 Å². The van der Waals surface area contributed by atoms with Crippen LogP contribution < -0.4 is 10.2 Å². The van der Waals surface area contributed by atoms with Crippen LogP contribution in [0.15, 0.2) is 84.9 Å². The molecule has 0 heterocycles. The van der Waals surface area contributed by atoms with Gasteiger partial charge in [-0.3, -0.25) is 4.79 Å². The molecule has 3 rings (SSSR count). The summed E-state index contributed by atoms with van der Waals surface area (Å²) < 4.78 is 0. The lowest BCUT2D eigenvalue weighted by molar-refractivity contribution is 0.102. The molecule has 1 amide bonds. The Morgan fingerprint density at radius 3 is 2.07 bits per heavy atom. The van der Waals surface area contributed by atoms with Crippen molar-refractivity contribution in [1.29, 1.82) is 0 Å². The summed E-state index contributed by atoms with van der Waals surface area (Å²) in [5, 5.41) is 3.09. The van der Waals surface area contributed by atoms with E-state index in [1.165, 1.54) is 0 Å². The number of nitrogens with zero attached hydrogens (tertiary/aromatic N) is 2. The number of para-hydroxylation sites is 3. The molecule has 0 aliphatic heterocycles. The zero-order valence-corrected chi connectivity index (χ0v) is 16.5. The van der Waals surface area contributed by atoms with Gasteiger partial charge in [-0.05, 0) is 63.5 Å². The van der Waals surface area contributed by atoms with Crippen molar-refractivity contribution in [3.63, 3.8) is 0 Å². The molecule has 3 aromatic rings. The first-order valence-electron chi connectivity index (χ1n) is 9.58. The van der Waals surface area contributed by atoms with Crippen molar-refractivity contribution in [2.45, 2.75) is 6.42 Å². The van der Waals surface area contributed by atoms with E-state index in [1.54, 1.807) is 0 Å².